The van der Waals surface area contributed by atoms with E-state index in [1.165, 1.54) is 28.7 Å². The van der Waals surface area contributed by atoms with Crippen molar-refractivity contribution < 1.29 is 9.59 Å². The smallest absolute Gasteiger partial charge is 0.234 e. The Balaban J connectivity index is 1.68. The van der Waals surface area contributed by atoms with Gasteiger partial charge >= 0.3 is 0 Å². The van der Waals surface area contributed by atoms with Crippen LogP contribution in [0.3, 0.4) is 0 Å². The van der Waals surface area contributed by atoms with Crippen LogP contribution >= 0.6 is 23.1 Å². The van der Waals surface area contributed by atoms with Crippen LogP contribution in [0.5, 0.6) is 0 Å². The molecule has 0 radical (unpaired) electrons. The molecule has 1 aromatic carbocycles. The Morgan fingerprint density at radius 2 is 2.15 bits per heavy atom. The Morgan fingerprint density at radius 3 is 2.78 bits per heavy atom. The zero-order valence-electron chi connectivity index (χ0n) is 14.8. The molecule has 0 bridgehead atoms. The number of carbonyl (C=O) groups excluding carboxylic acids is 2. The molecule has 27 heavy (non-hydrogen) atoms. The van der Waals surface area contributed by atoms with Gasteiger partial charge in [0.25, 0.3) is 0 Å². The minimum atomic E-state index is -0.240. The first-order valence-corrected chi connectivity index (χ1v) is 10.5. The van der Waals surface area contributed by atoms with Gasteiger partial charge in [-0.25, -0.2) is 0 Å². The summed E-state index contributed by atoms with van der Waals surface area (Å²) in [6.07, 6.45) is 1.20. The highest BCUT2D eigenvalue weighted by Crippen LogP contribution is 2.37. The van der Waals surface area contributed by atoms with Crippen molar-refractivity contribution in [2.75, 3.05) is 11.1 Å². The fraction of sp³-hybridized carbons (Fsp3) is 0.250. The topological polar surface area (TPSA) is 82.0 Å². The molecule has 1 atom stereocenters. The minimum Gasteiger partial charge on any atom is -0.325 e. The maximum Gasteiger partial charge on any atom is 0.234 e. The Labute approximate surface area is 166 Å². The first-order chi connectivity index (χ1) is 13.1. The third-order valence-corrected chi connectivity index (χ3v) is 6.24. The summed E-state index contributed by atoms with van der Waals surface area (Å²) in [6.45, 7) is 2.08. The van der Waals surface area contributed by atoms with Gasteiger partial charge in [-0.15, -0.1) is 11.3 Å². The Hall–Kier alpha value is -2.56. The summed E-state index contributed by atoms with van der Waals surface area (Å²) in [5.74, 6) is -0.434. The van der Waals surface area contributed by atoms with Gasteiger partial charge in [-0.3, -0.25) is 9.59 Å². The third-order valence-electron chi connectivity index (χ3n) is 4.24. The van der Waals surface area contributed by atoms with Gasteiger partial charge < -0.3 is 10.6 Å². The summed E-state index contributed by atoms with van der Waals surface area (Å²) in [4.78, 5) is 25.3. The van der Waals surface area contributed by atoms with Gasteiger partial charge in [0.2, 0.25) is 11.8 Å². The van der Waals surface area contributed by atoms with Crippen LogP contribution < -0.4 is 10.6 Å². The fourth-order valence-corrected chi connectivity index (χ4v) is 4.54. The Morgan fingerprint density at radius 1 is 1.37 bits per heavy atom. The van der Waals surface area contributed by atoms with Crippen molar-refractivity contribution in [1.29, 1.82) is 5.26 Å². The lowest BCUT2D eigenvalue weighted by Gasteiger charge is -2.23. The van der Waals surface area contributed by atoms with Gasteiger partial charge in [0.05, 0.1) is 22.4 Å². The van der Waals surface area contributed by atoms with Crippen molar-refractivity contribution in [1.82, 2.24) is 5.32 Å². The largest absolute Gasteiger partial charge is 0.325 e. The minimum absolute atomic E-state index is 0.119. The molecule has 0 aliphatic carbocycles. The van der Waals surface area contributed by atoms with Crippen molar-refractivity contribution in [3.05, 3.63) is 62.8 Å². The monoisotopic (exact) mass is 397 g/mol. The molecule has 7 heteroatoms. The number of nitrogens with zero attached hydrogens (tertiary/aromatic N) is 1. The van der Waals surface area contributed by atoms with E-state index in [0.717, 1.165) is 17.0 Å². The number of allylic oxidation sites excluding steroid dienone is 1. The molecule has 2 N–H and O–H groups in total. The second-order valence-corrected chi connectivity index (χ2v) is 8.03. The zero-order chi connectivity index (χ0) is 19.2. The number of hydrogen-bond acceptors (Lipinski definition) is 5. The molecule has 5 nitrogen and oxygen atoms in total. The highest BCUT2D eigenvalue weighted by molar-refractivity contribution is 8.03. The van der Waals surface area contributed by atoms with Gasteiger partial charge in [-0.2, -0.15) is 5.26 Å². The molecular formula is C20H19N3O2S2. The van der Waals surface area contributed by atoms with Crippen molar-refractivity contribution >= 4 is 40.6 Å². The number of hydrogen-bond donors (Lipinski definition) is 2. The van der Waals surface area contributed by atoms with Gasteiger partial charge in [0, 0.05) is 22.9 Å². The van der Waals surface area contributed by atoms with E-state index in [-0.39, 0.29) is 29.9 Å². The number of anilines is 1. The lowest BCUT2D eigenvalue weighted by atomic mass is 9.93. The van der Waals surface area contributed by atoms with Crippen molar-refractivity contribution in [3.63, 3.8) is 0 Å². The number of benzene rings is 1. The molecular weight excluding hydrogens is 378 g/mol. The van der Waals surface area contributed by atoms with Gasteiger partial charge in [0.1, 0.15) is 0 Å². The Kier molecular flexibility index (Phi) is 6.32. The number of thioether (sulfide) groups is 1. The highest BCUT2D eigenvalue weighted by Gasteiger charge is 2.30. The standard InChI is InChI=1S/C20H19N3O2S2/c1-2-13-5-7-14(8-6-13)22-19(25)12-27-20-16(11-21)15(10-18(24)23-20)17-4-3-9-26-17/h3-9,15H,2,10,12H2,1H3,(H,22,25)(H,23,24)/t15-/m1/s1. The molecule has 3 rings (SSSR count). The Bertz CT molecular complexity index is 896. The molecule has 2 amide bonds. The van der Waals surface area contributed by atoms with E-state index in [1.54, 1.807) is 0 Å². The van der Waals surface area contributed by atoms with Gasteiger partial charge in [0.15, 0.2) is 0 Å². The number of carbonyl (C=O) groups is 2. The summed E-state index contributed by atoms with van der Waals surface area (Å²) in [5, 5.41) is 17.6. The molecule has 0 saturated carbocycles. The average molecular weight is 398 g/mol. The molecule has 1 aliphatic heterocycles. The normalized spacial score (nSPS) is 16.6. The van der Waals surface area contributed by atoms with Crippen molar-refractivity contribution in [3.8, 4) is 6.07 Å². The zero-order valence-corrected chi connectivity index (χ0v) is 16.5. The summed E-state index contributed by atoms with van der Waals surface area (Å²) in [6, 6.07) is 13.8. The molecule has 0 fully saturated rings. The van der Waals surface area contributed by atoms with Crippen LogP contribution in [0.1, 0.15) is 29.7 Å². The van der Waals surface area contributed by atoms with Crippen molar-refractivity contribution in [2.45, 2.75) is 25.7 Å². The predicted octanol–water partition coefficient (Wildman–Crippen LogP) is 4.02. The number of amides is 2. The van der Waals surface area contributed by atoms with E-state index in [2.05, 4.69) is 23.6 Å². The average Bonchev–Trinajstić information content (AvgIpc) is 3.21. The van der Waals surface area contributed by atoms with E-state index in [9.17, 15) is 14.9 Å². The molecule has 2 heterocycles. The maximum absolute atomic E-state index is 12.2. The quantitative estimate of drug-likeness (QED) is 0.771. The summed E-state index contributed by atoms with van der Waals surface area (Å²) >= 11 is 2.72. The van der Waals surface area contributed by atoms with Crippen LogP contribution in [0.15, 0.2) is 52.4 Å². The van der Waals surface area contributed by atoms with Crippen LogP contribution in [0.25, 0.3) is 0 Å². The number of nitrogens with one attached hydrogen (secondary N) is 2. The molecule has 138 valence electrons. The highest BCUT2D eigenvalue weighted by atomic mass is 32.2. The third kappa shape index (κ3) is 4.79. The van der Waals surface area contributed by atoms with Crippen LogP contribution in [0, 0.1) is 11.3 Å². The SMILES string of the molecule is CCc1ccc(NC(=O)CSC2=C(C#N)[C@H](c3cccs3)CC(=O)N2)cc1. The van der Waals surface area contributed by atoms with Crippen molar-refractivity contribution in [2.24, 2.45) is 0 Å². The molecule has 2 aromatic rings. The summed E-state index contributed by atoms with van der Waals surface area (Å²) < 4.78 is 0. The number of nitriles is 1. The molecule has 1 aromatic heterocycles. The molecule has 0 spiro atoms. The van der Waals surface area contributed by atoms with E-state index in [0.29, 0.717) is 10.6 Å². The van der Waals surface area contributed by atoms with E-state index in [4.69, 9.17) is 0 Å². The van der Waals surface area contributed by atoms with E-state index in [1.807, 2.05) is 41.8 Å². The summed E-state index contributed by atoms with van der Waals surface area (Å²) in [7, 11) is 0. The van der Waals surface area contributed by atoms with Gasteiger partial charge in [-0.1, -0.05) is 36.9 Å². The summed E-state index contributed by atoms with van der Waals surface area (Å²) in [5.41, 5.74) is 2.45. The van der Waals surface area contributed by atoms with Crippen LogP contribution in [0.4, 0.5) is 5.69 Å². The second kappa shape index (κ2) is 8.89. The second-order valence-electron chi connectivity index (χ2n) is 6.06. The number of thiophene rings is 1. The van der Waals surface area contributed by atoms with Crippen LogP contribution in [-0.2, 0) is 16.0 Å². The van der Waals surface area contributed by atoms with Gasteiger partial charge in [-0.05, 0) is 35.6 Å². The predicted molar refractivity (Wildman–Crippen MR) is 109 cm³/mol. The van der Waals surface area contributed by atoms with E-state index < -0.39 is 0 Å². The van der Waals surface area contributed by atoms with E-state index >= 15 is 0 Å². The number of aryl methyl sites for hydroxylation is 1. The number of rotatable bonds is 6. The van der Waals surface area contributed by atoms with Crippen LogP contribution in [-0.4, -0.2) is 17.6 Å². The first-order valence-electron chi connectivity index (χ1n) is 8.59. The fourth-order valence-electron chi connectivity index (χ4n) is 2.82. The lowest BCUT2D eigenvalue weighted by Crippen LogP contribution is -2.31. The molecule has 0 saturated heterocycles. The lowest BCUT2D eigenvalue weighted by molar-refractivity contribution is -0.121. The molecule has 1 aliphatic rings. The first kappa shape index (κ1) is 19.2. The maximum atomic E-state index is 12.2. The molecule has 0 unspecified atom stereocenters. The van der Waals surface area contributed by atoms with Crippen LogP contribution in [0.2, 0.25) is 0 Å².